The van der Waals surface area contributed by atoms with Gasteiger partial charge in [-0.05, 0) is 18.2 Å². The molecule has 82 valence electrons. The molecule has 2 rings (SSSR count). The van der Waals surface area contributed by atoms with Crippen LogP contribution in [0.25, 0.3) is 11.0 Å². The van der Waals surface area contributed by atoms with Gasteiger partial charge in [0.1, 0.15) is 5.58 Å². The molecule has 1 aromatic heterocycles. The van der Waals surface area contributed by atoms with Gasteiger partial charge in [0.15, 0.2) is 5.75 Å². The van der Waals surface area contributed by atoms with Crippen LogP contribution in [-0.4, -0.2) is 21.3 Å². The summed E-state index contributed by atoms with van der Waals surface area (Å²) < 4.78 is 4.64. The van der Waals surface area contributed by atoms with Crippen molar-refractivity contribution in [3.8, 4) is 11.5 Å². The lowest BCUT2D eigenvalue weighted by molar-refractivity contribution is 0.0697. The molecule has 0 amide bonds. The Bertz CT molecular complexity index is 640. The Morgan fingerprint density at radius 1 is 1.19 bits per heavy atom. The number of benzene rings is 1. The van der Waals surface area contributed by atoms with Crippen molar-refractivity contribution in [2.75, 3.05) is 0 Å². The highest BCUT2D eigenvalue weighted by molar-refractivity contribution is 5.94. The minimum atomic E-state index is -1.18. The molecule has 0 radical (unpaired) electrons. The SMILES string of the molecule is O=C(O)c1ccc2c(O)c(O)c(=O)oc2c1. The van der Waals surface area contributed by atoms with Crippen molar-refractivity contribution in [3.05, 3.63) is 34.2 Å². The Morgan fingerprint density at radius 3 is 2.50 bits per heavy atom. The third kappa shape index (κ3) is 1.36. The van der Waals surface area contributed by atoms with E-state index in [1.54, 1.807) is 0 Å². The van der Waals surface area contributed by atoms with Gasteiger partial charge in [0.2, 0.25) is 5.75 Å². The Labute approximate surface area is 88.0 Å². The van der Waals surface area contributed by atoms with E-state index in [2.05, 4.69) is 4.42 Å². The average molecular weight is 222 g/mol. The van der Waals surface area contributed by atoms with Gasteiger partial charge in [0.25, 0.3) is 0 Å². The topological polar surface area (TPSA) is 108 Å². The lowest BCUT2D eigenvalue weighted by Crippen LogP contribution is -2.00. The minimum Gasteiger partial charge on any atom is -0.504 e. The summed E-state index contributed by atoms with van der Waals surface area (Å²) in [5, 5.41) is 27.3. The summed E-state index contributed by atoms with van der Waals surface area (Å²) in [5.74, 6) is -2.70. The molecule has 2 aromatic rings. The molecule has 0 atom stereocenters. The Morgan fingerprint density at radius 2 is 1.88 bits per heavy atom. The minimum absolute atomic E-state index is 0.0714. The van der Waals surface area contributed by atoms with Crippen molar-refractivity contribution in [2.24, 2.45) is 0 Å². The van der Waals surface area contributed by atoms with E-state index in [9.17, 15) is 14.7 Å². The molecule has 0 saturated carbocycles. The van der Waals surface area contributed by atoms with Gasteiger partial charge in [-0.15, -0.1) is 0 Å². The second-order valence-corrected chi connectivity index (χ2v) is 3.10. The summed E-state index contributed by atoms with van der Waals surface area (Å²) in [5.41, 5.74) is -1.30. The molecule has 0 fully saturated rings. The van der Waals surface area contributed by atoms with Crippen LogP contribution in [-0.2, 0) is 0 Å². The third-order valence-corrected chi connectivity index (χ3v) is 2.10. The summed E-state index contributed by atoms with van der Waals surface area (Å²) in [6, 6.07) is 3.57. The maximum atomic E-state index is 11.0. The predicted octanol–water partition coefficient (Wildman–Crippen LogP) is 0.902. The van der Waals surface area contributed by atoms with Crippen LogP contribution in [0.5, 0.6) is 11.5 Å². The predicted molar refractivity (Wildman–Crippen MR) is 52.8 cm³/mol. The molecule has 0 aliphatic carbocycles. The van der Waals surface area contributed by atoms with E-state index in [0.29, 0.717) is 0 Å². The van der Waals surface area contributed by atoms with E-state index >= 15 is 0 Å². The molecule has 16 heavy (non-hydrogen) atoms. The molecule has 0 aliphatic rings. The van der Waals surface area contributed by atoms with E-state index in [1.807, 2.05) is 0 Å². The van der Waals surface area contributed by atoms with E-state index in [4.69, 9.17) is 10.2 Å². The highest BCUT2D eigenvalue weighted by atomic mass is 16.4. The van der Waals surface area contributed by atoms with Gasteiger partial charge < -0.3 is 19.7 Å². The van der Waals surface area contributed by atoms with Crippen LogP contribution in [0.1, 0.15) is 10.4 Å². The van der Waals surface area contributed by atoms with Gasteiger partial charge in [0.05, 0.1) is 10.9 Å². The van der Waals surface area contributed by atoms with Crippen molar-refractivity contribution >= 4 is 16.9 Å². The number of carboxylic acids is 1. The van der Waals surface area contributed by atoms with Gasteiger partial charge >= 0.3 is 11.6 Å². The van der Waals surface area contributed by atoms with E-state index < -0.39 is 23.1 Å². The first-order chi connectivity index (χ1) is 7.50. The number of hydrogen-bond donors (Lipinski definition) is 3. The van der Waals surface area contributed by atoms with Crippen LogP contribution in [0.3, 0.4) is 0 Å². The first-order valence-corrected chi connectivity index (χ1v) is 4.23. The molecule has 0 spiro atoms. The third-order valence-electron chi connectivity index (χ3n) is 2.10. The second-order valence-electron chi connectivity index (χ2n) is 3.10. The van der Waals surface area contributed by atoms with Crippen LogP contribution in [0.4, 0.5) is 0 Å². The largest absolute Gasteiger partial charge is 0.504 e. The monoisotopic (exact) mass is 222 g/mol. The lowest BCUT2D eigenvalue weighted by Gasteiger charge is -2.02. The number of hydrogen-bond acceptors (Lipinski definition) is 5. The first kappa shape index (κ1) is 10.0. The van der Waals surface area contributed by atoms with E-state index in [-0.39, 0.29) is 16.5 Å². The Hall–Kier alpha value is -2.50. The number of carboxylic acid groups (broad SMARTS) is 1. The summed E-state index contributed by atoms with van der Waals surface area (Å²) >= 11 is 0. The molecular formula is C10H6O6. The van der Waals surface area contributed by atoms with Gasteiger partial charge in [-0.25, -0.2) is 9.59 Å². The highest BCUT2D eigenvalue weighted by Gasteiger charge is 2.14. The molecule has 0 saturated heterocycles. The molecule has 0 bridgehead atoms. The number of fused-ring (bicyclic) bond motifs is 1. The first-order valence-electron chi connectivity index (χ1n) is 4.23. The number of aromatic carboxylic acids is 1. The summed E-state index contributed by atoms with van der Waals surface area (Å²) in [4.78, 5) is 21.7. The van der Waals surface area contributed by atoms with Crippen molar-refractivity contribution in [3.63, 3.8) is 0 Å². The van der Waals surface area contributed by atoms with E-state index in [1.165, 1.54) is 12.1 Å². The van der Waals surface area contributed by atoms with Gasteiger partial charge in [-0.3, -0.25) is 0 Å². The molecule has 1 aromatic carbocycles. The normalized spacial score (nSPS) is 10.5. The molecule has 0 unspecified atom stereocenters. The zero-order chi connectivity index (χ0) is 11.9. The zero-order valence-electron chi connectivity index (χ0n) is 7.80. The van der Waals surface area contributed by atoms with Crippen molar-refractivity contribution in [1.82, 2.24) is 0 Å². The maximum absolute atomic E-state index is 11.0. The molecule has 6 heteroatoms. The summed E-state index contributed by atoms with van der Waals surface area (Å²) in [6.07, 6.45) is 0. The fourth-order valence-corrected chi connectivity index (χ4v) is 1.31. The Balaban J connectivity index is 2.86. The quantitative estimate of drug-likeness (QED) is 0.618. The zero-order valence-corrected chi connectivity index (χ0v) is 7.80. The van der Waals surface area contributed by atoms with Crippen LogP contribution in [0, 0.1) is 0 Å². The Kier molecular flexibility index (Phi) is 2.05. The van der Waals surface area contributed by atoms with E-state index in [0.717, 1.165) is 6.07 Å². The molecule has 1 heterocycles. The highest BCUT2D eigenvalue weighted by Crippen LogP contribution is 2.30. The van der Waals surface area contributed by atoms with Crippen LogP contribution in [0.2, 0.25) is 0 Å². The van der Waals surface area contributed by atoms with Crippen LogP contribution >= 0.6 is 0 Å². The standard InChI is InChI=1S/C10H6O6/c11-7-5-2-1-4(9(13)14)3-6(5)16-10(15)8(7)12/h1-3,11-12H,(H,13,14). The fraction of sp³-hybridized carbons (Fsp3) is 0. The van der Waals surface area contributed by atoms with Crippen LogP contribution in [0.15, 0.2) is 27.4 Å². The average Bonchev–Trinajstić information content (AvgIpc) is 2.25. The fourth-order valence-electron chi connectivity index (χ4n) is 1.31. The molecule has 0 aliphatic heterocycles. The molecule has 3 N–H and O–H groups in total. The lowest BCUT2D eigenvalue weighted by atomic mass is 10.1. The molecule has 6 nitrogen and oxygen atoms in total. The summed E-state index contributed by atoms with van der Waals surface area (Å²) in [6.45, 7) is 0. The number of carbonyl (C=O) groups is 1. The maximum Gasteiger partial charge on any atom is 0.382 e. The molecular weight excluding hydrogens is 216 g/mol. The van der Waals surface area contributed by atoms with Crippen LogP contribution < -0.4 is 5.63 Å². The van der Waals surface area contributed by atoms with Gasteiger partial charge in [-0.1, -0.05) is 0 Å². The van der Waals surface area contributed by atoms with Crippen molar-refractivity contribution < 1.29 is 24.5 Å². The number of aromatic hydroxyl groups is 2. The smallest absolute Gasteiger partial charge is 0.382 e. The number of rotatable bonds is 1. The second kappa shape index (κ2) is 3.27. The van der Waals surface area contributed by atoms with Crippen molar-refractivity contribution in [1.29, 1.82) is 0 Å². The van der Waals surface area contributed by atoms with Gasteiger partial charge in [0, 0.05) is 0 Å². The van der Waals surface area contributed by atoms with Crippen molar-refractivity contribution in [2.45, 2.75) is 0 Å². The van der Waals surface area contributed by atoms with Gasteiger partial charge in [-0.2, -0.15) is 0 Å². The summed E-state index contributed by atoms with van der Waals surface area (Å²) in [7, 11) is 0.